The number of nitrogens with zero attached hydrogens (tertiary/aromatic N) is 2. The maximum Gasteiger partial charge on any atom is 0.338 e. The van der Waals surface area contributed by atoms with E-state index in [2.05, 4.69) is 5.32 Å². The van der Waals surface area contributed by atoms with Crippen molar-refractivity contribution in [2.24, 2.45) is 0 Å². The molecule has 3 amide bonds. The van der Waals surface area contributed by atoms with E-state index in [-0.39, 0.29) is 18.5 Å². The van der Waals surface area contributed by atoms with Gasteiger partial charge in [0, 0.05) is 23.7 Å². The lowest BCUT2D eigenvalue weighted by Crippen LogP contribution is -2.44. The molecule has 1 aromatic heterocycles. The van der Waals surface area contributed by atoms with Crippen molar-refractivity contribution in [3.63, 3.8) is 0 Å². The molecule has 3 rings (SSSR count). The van der Waals surface area contributed by atoms with E-state index < -0.39 is 5.97 Å². The minimum Gasteiger partial charge on any atom is -0.462 e. The third kappa shape index (κ3) is 7.96. The third-order valence-electron chi connectivity index (χ3n) is 5.25. The Kier molecular flexibility index (Phi) is 9.86. The Labute approximate surface area is 210 Å². The Morgan fingerprint density at radius 3 is 2.26 bits per heavy atom. The molecular formula is C27H31N3O4S. The van der Waals surface area contributed by atoms with Gasteiger partial charge < -0.3 is 19.9 Å². The van der Waals surface area contributed by atoms with Gasteiger partial charge in [-0.2, -0.15) is 0 Å². The van der Waals surface area contributed by atoms with E-state index in [0.717, 1.165) is 10.4 Å². The fourth-order valence-electron chi connectivity index (χ4n) is 3.52. The monoisotopic (exact) mass is 493 g/mol. The number of rotatable bonds is 11. The van der Waals surface area contributed by atoms with Crippen LogP contribution in [0.15, 0.2) is 72.1 Å². The Morgan fingerprint density at radius 1 is 0.886 bits per heavy atom. The van der Waals surface area contributed by atoms with Crippen molar-refractivity contribution in [3.05, 3.63) is 88.1 Å². The summed E-state index contributed by atoms with van der Waals surface area (Å²) < 4.78 is 4.99. The molecule has 0 saturated heterocycles. The zero-order valence-electron chi connectivity index (χ0n) is 20.1. The lowest BCUT2D eigenvalue weighted by molar-refractivity contribution is -0.133. The number of anilines is 1. The Hall–Kier alpha value is -3.65. The van der Waals surface area contributed by atoms with Gasteiger partial charge in [-0.05, 0) is 54.6 Å². The van der Waals surface area contributed by atoms with Crippen molar-refractivity contribution in [1.82, 2.24) is 9.80 Å². The van der Waals surface area contributed by atoms with Gasteiger partial charge in [-0.25, -0.2) is 9.59 Å². The number of hydrogen-bond donors (Lipinski definition) is 1. The molecule has 0 fully saturated rings. The molecule has 0 radical (unpaired) electrons. The van der Waals surface area contributed by atoms with Gasteiger partial charge in [0.2, 0.25) is 5.91 Å². The van der Waals surface area contributed by atoms with Crippen molar-refractivity contribution in [2.45, 2.75) is 33.4 Å². The van der Waals surface area contributed by atoms with Crippen LogP contribution < -0.4 is 5.32 Å². The highest BCUT2D eigenvalue weighted by molar-refractivity contribution is 7.09. The van der Waals surface area contributed by atoms with Crippen molar-refractivity contribution in [2.75, 3.05) is 25.0 Å². The number of hydrogen-bond acceptors (Lipinski definition) is 5. The second kappa shape index (κ2) is 13.3. The smallest absolute Gasteiger partial charge is 0.338 e. The normalized spacial score (nSPS) is 10.5. The molecule has 1 heterocycles. The van der Waals surface area contributed by atoms with Crippen molar-refractivity contribution >= 4 is 34.9 Å². The first-order valence-corrected chi connectivity index (χ1v) is 12.5. The zero-order chi connectivity index (χ0) is 25.0. The number of carbonyl (C=O) groups is 3. The number of nitrogens with one attached hydrogen (secondary N) is 1. The van der Waals surface area contributed by atoms with Gasteiger partial charge in [0.15, 0.2) is 0 Å². The molecule has 3 aromatic rings. The molecule has 0 atom stereocenters. The van der Waals surface area contributed by atoms with E-state index in [4.69, 9.17) is 4.74 Å². The molecule has 2 aromatic carbocycles. The molecule has 0 aliphatic carbocycles. The van der Waals surface area contributed by atoms with Crippen LogP contribution in [0, 0.1) is 0 Å². The summed E-state index contributed by atoms with van der Waals surface area (Å²) in [4.78, 5) is 42.6. The molecule has 0 bridgehead atoms. The predicted molar refractivity (Wildman–Crippen MR) is 138 cm³/mol. The highest BCUT2D eigenvalue weighted by Gasteiger charge is 2.22. The first-order chi connectivity index (χ1) is 17.0. The minimum atomic E-state index is -0.409. The summed E-state index contributed by atoms with van der Waals surface area (Å²) in [6.45, 7) is 5.38. The van der Waals surface area contributed by atoms with Crippen LogP contribution in [-0.2, 0) is 22.6 Å². The highest BCUT2D eigenvalue weighted by atomic mass is 32.1. The van der Waals surface area contributed by atoms with Crippen LogP contribution in [0.2, 0.25) is 0 Å². The second-order valence-corrected chi connectivity index (χ2v) is 9.00. The molecule has 0 saturated carbocycles. The van der Waals surface area contributed by atoms with Crippen LogP contribution in [0.5, 0.6) is 0 Å². The van der Waals surface area contributed by atoms with E-state index in [0.29, 0.717) is 43.9 Å². The number of amides is 3. The summed E-state index contributed by atoms with van der Waals surface area (Å²) in [5.41, 5.74) is 1.98. The number of urea groups is 1. The van der Waals surface area contributed by atoms with Gasteiger partial charge in [0.1, 0.15) is 6.54 Å². The average molecular weight is 494 g/mol. The topological polar surface area (TPSA) is 79.0 Å². The van der Waals surface area contributed by atoms with Crippen molar-refractivity contribution < 1.29 is 19.1 Å². The van der Waals surface area contributed by atoms with Crippen molar-refractivity contribution in [1.29, 1.82) is 0 Å². The van der Waals surface area contributed by atoms with Crippen LogP contribution in [0.3, 0.4) is 0 Å². The predicted octanol–water partition coefficient (Wildman–Crippen LogP) is 5.40. The standard InChI is InChI=1S/C27H31N3O4S/c1-3-16-29(27(33)28-23-14-12-22(13-15-23)26(32)34-4-2)20-25(31)30(19-24-11-8-17-35-24)18-21-9-6-5-7-10-21/h5-15,17H,3-4,16,18-20H2,1-2H3,(H,28,33). The Bertz CT molecular complexity index is 1090. The first-order valence-electron chi connectivity index (χ1n) is 11.7. The Morgan fingerprint density at radius 2 is 1.63 bits per heavy atom. The molecule has 1 N–H and O–H groups in total. The van der Waals surface area contributed by atoms with Crippen LogP contribution in [0.4, 0.5) is 10.5 Å². The first kappa shape index (κ1) is 26.0. The van der Waals surface area contributed by atoms with Crippen LogP contribution in [0.1, 0.15) is 41.1 Å². The molecule has 8 heteroatoms. The molecule has 35 heavy (non-hydrogen) atoms. The lowest BCUT2D eigenvalue weighted by atomic mass is 10.2. The maximum absolute atomic E-state index is 13.4. The van der Waals surface area contributed by atoms with Crippen LogP contribution in [0.25, 0.3) is 0 Å². The molecule has 0 unspecified atom stereocenters. The number of carbonyl (C=O) groups excluding carboxylic acids is 3. The van der Waals surface area contributed by atoms with Crippen molar-refractivity contribution in [3.8, 4) is 0 Å². The summed E-state index contributed by atoms with van der Waals surface area (Å²) in [7, 11) is 0. The highest BCUT2D eigenvalue weighted by Crippen LogP contribution is 2.16. The number of benzene rings is 2. The SMILES string of the molecule is CCCN(CC(=O)N(Cc1ccccc1)Cc1cccs1)C(=O)Nc1ccc(C(=O)OCC)cc1. The summed E-state index contributed by atoms with van der Waals surface area (Å²) in [6, 6.07) is 19.9. The second-order valence-electron chi connectivity index (χ2n) is 7.96. The van der Waals surface area contributed by atoms with Gasteiger partial charge in [0.25, 0.3) is 0 Å². The van der Waals surface area contributed by atoms with Gasteiger partial charge in [-0.1, -0.05) is 43.3 Å². The quantitative estimate of drug-likeness (QED) is 0.363. The average Bonchev–Trinajstić information content (AvgIpc) is 3.38. The molecule has 0 spiro atoms. The Balaban J connectivity index is 1.68. The fourth-order valence-corrected chi connectivity index (χ4v) is 4.24. The molecule has 0 aliphatic heterocycles. The number of ether oxygens (including phenoxy) is 1. The summed E-state index contributed by atoms with van der Waals surface area (Å²) in [5, 5.41) is 4.82. The van der Waals surface area contributed by atoms with E-state index in [1.165, 1.54) is 4.90 Å². The van der Waals surface area contributed by atoms with Gasteiger partial charge in [-0.15, -0.1) is 11.3 Å². The van der Waals surface area contributed by atoms with Gasteiger partial charge >= 0.3 is 12.0 Å². The van der Waals surface area contributed by atoms with E-state index >= 15 is 0 Å². The van der Waals surface area contributed by atoms with E-state index in [1.807, 2.05) is 54.8 Å². The lowest BCUT2D eigenvalue weighted by Gasteiger charge is -2.27. The molecular weight excluding hydrogens is 462 g/mol. The number of thiophene rings is 1. The van der Waals surface area contributed by atoms with E-state index in [9.17, 15) is 14.4 Å². The largest absolute Gasteiger partial charge is 0.462 e. The van der Waals surface area contributed by atoms with Gasteiger partial charge in [0.05, 0.1) is 18.7 Å². The van der Waals surface area contributed by atoms with E-state index in [1.54, 1.807) is 47.4 Å². The molecule has 7 nitrogen and oxygen atoms in total. The summed E-state index contributed by atoms with van der Waals surface area (Å²) >= 11 is 1.60. The molecule has 0 aliphatic rings. The maximum atomic E-state index is 13.4. The molecule has 184 valence electrons. The zero-order valence-corrected chi connectivity index (χ0v) is 20.9. The minimum absolute atomic E-state index is 0.0290. The fraction of sp³-hybridized carbons (Fsp3) is 0.296. The summed E-state index contributed by atoms with van der Waals surface area (Å²) in [5.74, 6) is -0.531. The number of esters is 1. The van der Waals surface area contributed by atoms with Crippen LogP contribution >= 0.6 is 11.3 Å². The third-order valence-corrected chi connectivity index (χ3v) is 6.11. The van der Waals surface area contributed by atoms with Gasteiger partial charge in [-0.3, -0.25) is 4.79 Å². The van der Waals surface area contributed by atoms with Crippen LogP contribution in [-0.4, -0.2) is 47.4 Å². The summed E-state index contributed by atoms with van der Waals surface area (Å²) in [6.07, 6.45) is 0.714.